The Morgan fingerprint density at radius 2 is 1.72 bits per heavy atom. The highest BCUT2D eigenvalue weighted by molar-refractivity contribution is 7.99. The summed E-state index contributed by atoms with van der Waals surface area (Å²) >= 11 is 1.33. The van der Waals surface area contributed by atoms with Crippen molar-refractivity contribution in [1.82, 2.24) is 15.8 Å². The Hall–Kier alpha value is -3.06. The molecule has 29 heavy (non-hydrogen) atoms. The van der Waals surface area contributed by atoms with E-state index in [1.807, 2.05) is 51.1 Å². The van der Waals surface area contributed by atoms with Crippen LogP contribution in [0.2, 0.25) is 0 Å². The van der Waals surface area contributed by atoms with Gasteiger partial charge in [0.15, 0.2) is 6.61 Å². The summed E-state index contributed by atoms with van der Waals surface area (Å²) in [7, 11) is 0. The Morgan fingerprint density at radius 1 is 0.966 bits per heavy atom. The second-order valence-corrected chi connectivity index (χ2v) is 7.76. The molecule has 0 aliphatic rings. The molecule has 0 unspecified atom stereocenters. The highest BCUT2D eigenvalue weighted by Crippen LogP contribution is 2.24. The molecule has 0 fully saturated rings. The number of aromatic nitrogens is 1. The fraction of sp³-hybridized carbons (Fsp3) is 0.227. The van der Waals surface area contributed by atoms with Gasteiger partial charge in [-0.25, -0.2) is 4.98 Å². The van der Waals surface area contributed by atoms with E-state index in [1.54, 1.807) is 6.07 Å². The lowest BCUT2D eigenvalue weighted by molar-refractivity contribution is -0.128. The third-order valence-corrected chi connectivity index (χ3v) is 5.25. The molecule has 0 bridgehead atoms. The maximum atomic E-state index is 12.1. The van der Waals surface area contributed by atoms with Crippen molar-refractivity contribution >= 4 is 34.5 Å². The number of hydrogen-bond donors (Lipinski definition) is 2. The van der Waals surface area contributed by atoms with Gasteiger partial charge in [-0.2, -0.15) is 0 Å². The Bertz CT molecular complexity index is 1050. The van der Waals surface area contributed by atoms with Gasteiger partial charge in [0.2, 0.25) is 5.91 Å². The zero-order chi connectivity index (χ0) is 20.8. The van der Waals surface area contributed by atoms with Gasteiger partial charge in [0.25, 0.3) is 5.91 Å². The number of fused-ring (bicyclic) bond motifs is 1. The normalized spacial score (nSPS) is 10.6. The van der Waals surface area contributed by atoms with Crippen LogP contribution in [-0.2, 0) is 9.59 Å². The van der Waals surface area contributed by atoms with E-state index in [9.17, 15) is 9.59 Å². The van der Waals surface area contributed by atoms with Gasteiger partial charge in [-0.1, -0.05) is 36.0 Å². The number of carbonyl (C=O) groups excluding carboxylic acids is 2. The lowest BCUT2D eigenvalue weighted by Crippen LogP contribution is -2.44. The lowest BCUT2D eigenvalue weighted by atomic mass is 10.1. The van der Waals surface area contributed by atoms with Crippen molar-refractivity contribution in [2.24, 2.45) is 0 Å². The highest BCUT2D eigenvalue weighted by atomic mass is 32.2. The van der Waals surface area contributed by atoms with Crippen LogP contribution in [0.4, 0.5) is 0 Å². The fourth-order valence-corrected chi connectivity index (χ4v) is 3.50. The average molecular weight is 410 g/mol. The summed E-state index contributed by atoms with van der Waals surface area (Å²) < 4.78 is 5.40. The zero-order valence-electron chi connectivity index (χ0n) is 16.6. The number of aryl methyl sites for hydroxylation is 3. The predicted octanol–water partition coefficient (Wildman–Crippen LogP) is 3.48. The van der Waals surface area contributed by atoms with Gasteiger partial charge in [-0.3, -0.25) is 20.4 Å². The number of pyridine rings is 1. The first kappa shape index (κ1) is 20.7. The third kappa shape index (κ3) is 5.96. The van der Waals surface area contributed by atoms with Crippen molar-refractivity contribution in [2.45, 2.75) is 25.8 Å². The molecule has 0 saturated heterocycles. The number of hydrazine groups is 1. The molecule has 0 aliphatic heterocycles. The standard InChI is InChI=1S/C22H23N3O3S/c1-14-5-4-6-18(9-14)28-12-20(26)24-25-21(27)13-29-22-16(3)11-17-8-7-15(2)10-19(17)23-22/h4-11H,12-13H2,1-3H3,(H,24,26)(H,25,27). The summed E-state index contributed by atoms with van der Waals surface area (Å²) in [5.74, 6) is 0.00406. The van der Waals surface area contributed by atoms with Crippen molar-refractivity contribution in [2.75, 3.05) is 12.4 Å². The largest absolute Gasteiger partial charge is 0.484 e. The predicted molar refractivity (Wildman–Crippen MR) is 115 cm³/mol. The number of rotatable bonds is 6. The first-order valence-electron chi connectivity index (χ1n) is 9.18. The van der Waals surface area contributed by atoms with E-state index >= 15 is 0 Å². The van der Waals surface area contributed by atoms with Gasteiger partial charge in [0, 0.05) is 5.39 Å². The van der Waals surface area contributed by atoms with Crippen molar-refractivity contribution < 1.29 is 14.3 Å². The molecule has 2 N–H and O–H groups in total. The van der Waals surface area contributed by atoms with Crippen LogP contribution in [0.15, 0.2) is 53.6 Å². The monoisotopic (exact) mass is 409 g/mol. The Morgan fingerprint density at radius 3 is 2.52 bits per heavy atom. The fourth-order valence-electron chi connectivity index (χ4n) is 2.71. The molecule has 3 aromatic rings. The summed E-state index contributed by atoms with van der Waals surface area (Å²) in [6.45, 7) is 5.75. The molecule has 2 aromatic carbocycles. The summed E-state index contributed by atoms with van der Waals surface area (Å²) in [6, 6.07) is 15.6. The number of benzene rings is 2. The second-order valence-electron chi connectivity index (χ2n) is 6.80. The number of amides is 2. The zero-order valence-corrected chi connectivity index (χ0v) is 17.4. The molecule has 0 saturated carbocycles. The van der Waals surface area contributed by atoms with Gasteiger partial charge in [-0.15, -0.1) is 0 Å². The first-order valence-corrected chi connectivity index (χ1v) is 10.2. The van der Waals surface area contributed by atoms with E-state index in [1.165, 1.54) is 11.8 Å². The van der Waals surface area contributed by atoms with Crippen molar-refractivity contribution in [3.05, 3.63) is 65.2 Å². The molecule has 0 atom stereocenters. The molecule has 1 aromatic heterocycles. The van der Waals surface area contributed by atoms with Gasteiger partial charge >= 0.3 is 0 Å². The Labute approximate surface area is 174 Å². The van der Waals surface area contributed by atoms with Gasteiger partial charge in [-0.05, 0) is 61.7 Å². The molecule has 150 valence electrons. The van der Waals surface area contributed by atoms with E-state index in [-0.39, 0.29) is 18.3 Å². The summed E-state index contributed by atoms with van der Waals surface area (Å²) in [6.07, 6.45) is 0. The van der Waals surface area contributed by atoms with E-state index in [0.29, 0.717) is 5.75 Å². The Balaban J connectivity index is 1.46. The minimum absolute atomic E-state index is 0.143. The molecule has 0 spiro atoms. The van der Waals surface area contributed by atoms with Crippen LogP contribution in [0.3, 0.4) is 0 Å². The smallest absolute Gasteiger partial charge is 0.276 e. The topological polar surface area (TPSA) is 80.3 Å². The minimum Gasteiger partial charge on any atom is -0.484 e. The number of hydrogen-bond acceptors (Lipinski definition) is 5. The maximum Gasteiger partial charge on any atom is 0.276 e. The number of carbonyl (C=O) groups is 2. The van der Waals surface area contributed by atoms with Gasteiger partial charge < -0.3 is 4.74 Å². The van der Waals surface area contributed by atoms with E-state index in [0.717, 1.165) is 32.6 Å². The summed E-state index contributed by atoms with van der Waals surface area (Å²) in [5, 5.41) is 1.87. The van der Waals surface area contributed by atoms with Crippen LogP contribution in [0.25, 0.3) is 10.9 Å². The number of thioether (sulfide) groups is 1. The number of nitrogens with one attached hydrogen (secondary N) is 2. The summed E-state index contributed by atoms with van der Waals surface area (Å²) in [4.78, 5) is 28.5. The first-order chi connectivity index (χ1) is 13.9. The van der Waals surface area contributed by atoms with Crippen LogP contribution in [0.1, 0.15) is 16.7 Å². The SMILES string of the molecule is Cc1cccc(OCC(=O)NNC(=O)CSc2nc3cc(C)ccc3cc2C)c1. The van der Waals surface area contributed by atoms with Gasteiger partial charge in [0.05, 0.1) is 11.3 Å². The summed E-state index contributed by atoms with van der Waals surface area (Å²) in [5.41, 5.74) is 8.85. The van der Waals surface area contributed by atoms with Crippen LogP contribution < -0.4 is 15.6 Å². The van der Waals surface area contributed by atoms with Crippen LogP contribution in [0.5, 0.6) is 5.75 Å². The molecule has 3 rings (SSSR count). The third-order valence-electron chi connectivity index (χ3n) is 4.16. The van der Waals surface area contributed by atoms with Crippen LogP contribution in [-0.4, -0.2) is 29.2 Å². The molecule has 2 amide bonds. The number of nitrogens with zero attached hydrogens (tertiary/aromatic N) is 1. The Kier molecular flexibility index (Phi) is 6.72. The molecule has 0 aliphatic carbocycles. The van der Waals surface area contributed by atoms with E-state index in [2.05, 4.69) is 28.0 Å². The molecular weight excluding hydrogens is 386 g/mol. The maximum absolute atomic E-state index is 12.1. The van der Waals surface area contributed by atoms with Crippen molar-refractivity contribution in [3.63, 3.8) is 0 Å². The van der Waals surface area contributed by atoms with Gasteiger partial charge in [0.1, 0.15) is 10.8 Å². The molecule has 1 heterocycles. The van der Waals surface area contributed by atoms with Crippen molar-refractivity contribution in [1.29, 1.82) is 0 Å². The molecule has 7 heteroatoms. The second kappa shape index (κ2) is 9.43. The molecular formula is C22H23N3O3S. The van der Waals surface area contributed by atoms with E-state index in [4.69, 9.17) is 4.74 Å². The van der Waals surface area contributed by atoms with Crippen molar-refractivity contribution in [3.8, 4) is 5.75 Å². The average Bonchev–Trinajstić information content (AvgIpc) is 2.69. The minimum atomic E-state index is -0.430. The molecule has 6 nitrogen and oxygen atoms in total. The van der Waals surface area contributed by atoms with Crippen LogP contribution >= 0.6 is 11.8 Å². The molecule has 0 radical (unpaired) electrons. The quantitative estimate of drug-likeness (QED) is 0.481. The van der Waals surface area contributed by atoms with Crippen LogP contribution in [0, 0.1) is 20.8 Å². The highest BCUT2D eigenvalue weighted by Gasteiger charge is 2.10. The van der Waals surface area contributed by atoms with E-state index < -0.39 is 5.91 Å². The lowest BCUT2D eigenvalue weighted by Gasteiger charge is -2.10. The number of ether oxygens (including phenoxy) is 1.